The minimum absolute atomic E-state index is 0.229. The van der Waals surface area contributed by atoms with E-state index < -0.39 is 52.8 Å². The van der Waals surface area contributed by atoms with E-state index in [1.807, 2.05) is 0 Å². The number of benzene rings is 2. The third-order valence-corrected chi connectivity index (χ3v) is 5.32. The summed E-state index contributed by atoms with van der Waals surface area (Å²) in [6.07, 6.45) is -5.05. The van der Waals surface area contributed by atoms with Crippen molar-refractivity contribution in [3.8, 4) is 0 Å². The SMILES string of the molecule is CO[C@@H]1O[C@@H](C)[C@@H](OS(C)(=O)=O)[C@@H](OC(=O)c2ccccc2)[C@@H]1OC(=O)c1ccccc1. The summed E-state index contributed by atoms with van der Waals surface area (Å²) in [5, 5.41) is 0. The van der Waals surface area contributed by atoms with Crippen LogP contribution in [0.5, 0.6) is 0 Å². The van der Waals surface area contributed by atoms with E-state index in [1.165, 1.54) is 19.2 Å². The van der Waals surface area contributed by atoms with Crippen molar-refractivity contribution in [1.29, 1.82) is 0 Å². The molecular weight excluding hydrogens is 440 g/mol. The van der Waals surface area contributed by atoms with Gasteiger partial charge in [-0.15, -0.1) is 0 Å². The van der Waals surface area contributed by atoms with Gasteiger partial charge in [-0.1, -0.05) is 36.4 Å². The molecule has 1 aliphatic rings. The van der Waals surface area contributed by atoms with E-state index in [0.29, 0.717) is 0 Å². The molecule has 0 radical (unpaired) electrons. The van der Waals surface area contributed by atoms with Crippen LogP contribution in [0.1, 0.15) is 27.6 Å². The van der Waals surface area contributed by atoms with Crippen molar-refractivity contribution in [2.75, 3.05) is 13.4 Å². The Balaban J connectivity index is 1.95. The number of ether oxygens (including phenoxy) is 4. The molecule has 0 aromatic heterocycles. The summed E-state index contributed by atoms with van der Waals surface area (Å²) >= 11 is 0. The van der Waals surface area contributed by atoms with Crippen molar-refractivity contribution in [2.45, 2.75) is 37.6 Å². The molecule has 5 atom stereocenters. The van der Waals surface area contributed by atoms with Crippen LogP contribution in [0, 0.1) is 0 Å². The van der Waals surface area contributed by atoms with Gasteiger partial charge in [0.1, 0.15) is 6.10 Å². The van der Waals surface area contributed by atoms with Crippen LogP contribution in [0.15, 0.2) is 60.7 Å². The monoisotopic (exact) mass is 464 g/mol. The van der Waals surface area contributed by atoms with Crippen LogP contribution in [-0.4, -0.2) is 64.4 Å². The lowest BCUT2D eigenvalue weighted by molar-refractivity contribution is -0.279. The van der Waals surface area contributed by atoms with Crippen molar-refractivity contribution >= 4 is 22.1 Å². The minimum Gasteiger partial charge on any atom is -0.452 e. The van der Waals surface area contributed by atoms with E-state index in [-0.39, 0.29) is 11.1 Å². The number of esters is 2. The first-order valence-corrected chi connectivity index (χ1v) is 11.6. The highest BCUT2D eigenvalue weighted by Crippen LogP contribution is 2.30. The number of hydrogen-bond donors (Lipinski definition) is 0. The summed E-state index contributed by atoms with van der Waals surface area (Å²) < 4.78 is 51.2. The molecule has 0 unspecified atom stereocenters. The zero-order valence-corrected chi connectivity index (χ0v) is 18.6. The molecule has 1 fully saturated rings. The molecule has 32 heavy (non-hydrogen) atoms. The van der Waals surface area contributed by atoms with E-state index in [2.05, 4.69) is 0 Å². The van der Waals surface area contributed by atoms with Gasteiger partial charge in [-0.2, -0.15) is 8.42 Å². The molecular formula is C22H24O9S. The smallest absolute Gasteiger partial charge is 0.338 e. The summed E-state index contributed by atoms with van der Waals surface area (Å²) in [5.41, 5.74) is 0.474. The van der Waals surface area contributed by atoms with Gasteiger partial charge in [-0.3, -0.25) is 4.18 Å². The van der Waals surface area contributed by atoms with Gasteiger partial charge in [0.05, 0.1) is 23.5 Å². The average molecular weight is 464 g/mol. The van der Waals surface area contributed by atoms with Crippen LogP contribution in [-0.2, 0) is 33.2 Å². The lowest BCUT2D eigenvalue weighted by Gasteiger charge is -2.43. The van der Waals surface area contributed by atoms with Gasteiger partial charge in [-0.25, -0.2) is 9.59 Å². The molecule has 0 N–H and O–H groups in total. The standard InChI is InChI=1S/C22H24O9S/c1-14-17(31-32(3,25)26)18(29-20(23)15-10-6-4-7-11-15)19(22(27-2)28-14)30-21(24)16-12-8-5-9-13-16/h4-14,17-19,22H,1-3H3/t14-,17+,18+,19-,22+/m0/s1. The number of methoxy groups -OCH3 is 1. The predicted molar refractivity (Wildman–Crippen MR) is 112 cm³/mol. The van der Waals surface area contributed by atoms with Gasteiger partial charge in [-0.05, 0) is 31.2 Å². The molecule has 9 nitrogen and oxygen atoms in total. The maximum Gasteiger partial charge on any atom is 0.338 e. The van der Waals surface area contributed by atoms with Gasteiger partial charge in [0.2, 0.25) is 0 Å². The summed E-state index contributed by atoms with van der Waals surface area (Å²) in [6, 6.07) is 16.3. The highest BCUT2D eigenvalue weighted by Gasteiger charge is 2.51. The van der Waals surface area contributed by atoms with Crippen LogP contribution < -0.4 is 0 Å². The van der Waals surface area contributed by atoms with Crippen molar-refractivity contribution in [3.05, 3.63) is 71.8 Å². The molecule has 0 aliphatic carbocycles. The van der Waals surface area contributed by atoms with E-state index >= 15 is 0 Å². The molecule has 3 rings (SSSR count). The maximum atomic E-state index is 12.8. The molecule has 10 heteroatoms. The minimum atomic E-state index is -3.97. The highest BCUT2D eigenvalue weighted by molar-refractivity contribution is 7.86. The summed E-state index contributed by atoms with van der Waals surface area (Å²) in [5.74, 6) is -1.47. The van der Waals surface area contributed by atoms with Crippen molar-refractivity contribution in [1.82, 2.24) is 0 Å². The second-order valence-electron chi connectivity index (χ2n) is 7.18. The second kappa shape index (κ2) is 10.2. The highest BCUT2D eigenvalue weighted by atomic mass is 32.2. The van der Waals surface area contributed by atoms with Crippen molar-refractivity contribution in [2.24, 2.45) is 0 Å². The third-order valence-electron chi connectivity index (χ3n) is 4.75. The molecule has 0 amide bonds. The fraction of sp³-hybridized carbons (Fsp3) is 0.364. The number of rotatable bonds is 7. The summed E-state index contributed by atoms with van der Waals surface area (Å²) in [4.78, 5) is 25.5. The second-order valence-corrected chi connectivity index (χ2v) is 8.78. The zero-order valence-electron chi connectivity index (χ0n) is 17.7. The average Bonchev–Trinajstić information content (AvgIpc) is 2.78. The van der Waals surface area contributed by atoms with Crippen LogP contribution in [0.3, 0.4) is 0 Å². The first-order valence-electron chi connectivity index (χ1n) is 9.78. The summed E-state index contributed by atoms with van der Waals surface area (Å²) in [6.45, 7) is 1.54. The van der Waals surface area contributed by atoms with Crippen LogP contribution in [0.2, 0.25) is 0 Å². The molecule has 1 heterocycles. The third kappa shape index (κ3) is 5.92. The first kappa shape index (κ1) is 23.9. The fourth-order valence-electron chi connectivity index (χ4n) is 3.29. The quantitative estimate of drug-likeness (QED) is 0.449. The lowest BCUT2D eigenvalue weighted by Crippen LogP contribution is -2.61. The topological polar surface area (TPSA) is 114 Å². The predicted octanol–water partition coefficient (Wildman–Crippen LogP) is 2.17. The fourth-order valence-corrected chi connectivity index (χ4v) is 3.96. The van der Waals surface area contributed by atoms with Crippen molar-refractivity contribution < 1.29 is 41.1 Å². The molecule has 2 aromatic rings. The number of hydrogen-bond acceptors (Lipinski definition) is 9. The molecule has 0 spiro atoms. The zero-order chi connectivity index (χ0) is 23.3. The Kier molecular flexibility index (Phi) is 7.62. The van der Waals surface area contributed by atoms with E-state index in [1.54, 1.807) is 55.5 Å². The molecule has 172 valence electrons. The van der Waals surface area contributed by atoms with E-state index in [0.717, 1.165) is 6.26 Å². The van der Waals surface area contributed by atoms with Crippen LogP contribution in [0.4, 0.5) is 0 Å². The Morgan fingerprint density at radius 2 is 1.28 bits per heavy atom. The first-order chi connectivity index (χ1) is 15.2. The number of carbonyl (C=O) groups is 2. The lowest BCUT2D eigenvalue weighted by atomic mass is 9.99. The van der Waals surface area contributed by atoms with Gasteiger partial charge < -0.3 is 18.9 Å². The molecule has 1 aliphatic heterocycles. The Morgan fingerprint density at radius 1 is 0.812 bits per heavy atom. The number of carbonyl (C=O) groups excluding carboxylic acids is 2. The Morgan fingerprint density at radius 3 is 1.72 bits per heavy atom. The largest absolute Gasteiger partial charge is 0.452 e. The maximum absolute atomic E-state index is 12.8. The summed E-state index contributed by atoms with van der Waals surface area (Å²) in [7, 11) is -2.64. The molecule has 1 saturated heterocycles. The molecule has 0 saturated carbocycles. The molecule has 0 bridgehead atoms. The van der Waals surface area contributed by atoms with Crippen molar-refractivity contribution in [3.63, 3.8) is 0 Å². The van der Waals surface area contributed by atoms with Gasteiger partial charge in [0.25, 0.3) is 10.1 Å². The normalized spacial score (nSPS) is 25.7. The van der Waals surface area contributed by atoms with Gasteiger partial charge in [0.15, 0.2) is 18.5 Å². The van der Waals surface area contributed by atoms with Crippen LogP contribution in [0.25, 0.3) is 0 Å². The molecule has 2 aromatic carbocycles. The van der Waals surface area contributed by atoms with E-state index in [4.69, 9.17) is 23.1 Å². The Hall–Kier alpha value is -2.79. The van der Waals surface area contributed by atoms with Gasteiger partial charge in [0, 0.05) is 7.11 Å². The Labute approximate surface area is 186 Å². The van der Waals surface area contributed by atoms with E-state index in [9.17, 15) is 18.0 Å². The van der Waals surface area contributed by atoms with Gasteiger partial charge >= 0.3 is 11.9 Å². The van der Waals surface area contributed by atoms with Crippen LogP contribution >= 0.6 is 0 Å². The Bertz CT molecular complexity index is 1020.